The van der Waals surface area contributed by atoms with Crippen molar-refractivity contribution in [3.63, 3.8) is 0 Å². The van der Waals surface area contributed by atoms with Crippen LogP contribution in [0, 0.1) is 0 Å². The average molecular weight is 421 g/mol. The maximum atomic E-state index is 11.0. The van der Waals surface area contributed by atoms with E-state index in [4.69, 9.17) is 15.2 Å². The van der Waals surface area contributed by atoms with Gasteiger partial charge < -0.3 is 19.7 Å². The van der Waals surface area contributed by atoms with Gasteiger partial charge in [-0.25, -0.2) is 4.79 Å². The lowest BCUT2D eigenvalue weighted by Crippen LogP contribution is -2.43. The molecule has 1 heterocycles. The van der Waals surface area contributed by atoms with Gasteiger partial charge >= 0.3 is 6.09 Å². The molecular weight excluding hydrogens is 378 g/mol. The van der Waals surface area contributed by atoms with Gasteiger partial charge in [-0.3, -0.25) is 4.90 Å². The quantitative estimate of drug-likeness (QED) is 0.387. The van der Waals surface area contributed by atoms with Gasteiger partial charge in [-0.2, -0.15) is 0 Å². The van der Waals surface area contributed by atoms with Crippen molar-refractivity contribution in [3.05, 3.63) is 29.8 Å². The fraction of sp³-hybridized carbons (Fsp3) is 0.708. The first-order chi connectivity index (χ1) is 14.4. The zero-order chi connectivity index (χ0) is 21.8. The molecule has 0 aromatic heterocycles. The number of primary amides is 1. The standard InChI is InChI=1S/C24H41N3O3/c1-21(22-11-10-12-23(19-22)30-24(25)28)20-27(2,3)16-9-7-5-4-6-8-13-26-14-17-29-18-15-26/h10-12,19,21H,4-9,13-18,20H2,1-3H3,(H-,25,28)/p+1. The lowest BCUT2D eigenvalue weighted by Gasteiger charge is -2.32. The first kappa shape index (κ1) is 24.6. The van der Waals surface area contributed by atoms with Crippen LogP contribution in [0.4, 0.5) is 4.79 Å². The van der Waals surface area contributed by atoms with E-state index in [1.165, 1.54) is 57.2 Å². The van der Waals surface area contributed by atoms with E-state index < -0.39 is 6.09 Å². The molecule has 2 N–H and O–H groups in total. The summed E-state index contributed by atoms with van der Waals surface area (Å²) < 4.78 is 11.4. The highest BCUT2D eigenvalue weighted by molar-refractivity contribution is 5.68. The summed E-state index contributed by atoms with van der Waals surface area (Å²) in [4.78, 5) is 13.5. The number of quaternary nitrogens is 1. The van der Waals surface area contributed by atoms with Crippen LogP contribution in [-0.4, -0.2) is 75.5 Å². The molecule has 0 spiro atoms. The Hall–Kier alpha value is -1.63. The molecular formula is C24H42N3O3+. The van der Waals surface area contributed by atoms with Gasteiger partial charge in [0.25, 0.3) is 0 Å². The minimum Gasteiger partial charge on any atom is -0.410 e. The smallest absolute Gasteiger partial charge is 0.409 e. The number of hydrogen-bond donors (Lipinski definition) is 1. The summed E-state index contributed by atoms with van der Waals surface area (Å²) in [5.74, 6) is 0.905. The highest BCUT2D eigenvalue weighted by atomic mass is 16.5. The van der Waals surface area contributed by atoms with Crippen LogP contribution in [0.2, 0.25) is 0 Å². The zero-order valence-electron chi connectivity index (χ0n) is 19.3. The molecule has 1 aromatic rings. The highest BCUT2D eigenvalue weighted by Gasteiger charge is 2.20. The summed E-state index contributed by atoms with van der Waals surface area (Å²) in [6.45, 7) is 9.73. The van der Waals surface area contributed by atoms with Gasteiger partial charge in [0, 0.05) is 19.0 Å². The minimum atomic E-state index is -0.767. The number of ether oxygens (including phenoxy) is 2. The number of unbranched alkanes of at least 4 members (excludes halogenated alkanes) is 5. The molecule has 1 fully saturated rings. The molecule has 0 radical (unpaired) electrons. The van der Waals surface area contributed by atoms with Crippen LogP contribution >= 0.6 is 0 Å². The first-order valence-electron chi connectivity index (χ1n) is 11.5. The molecule has 1 amide bonds. The molecule has 0 aliphatic carbocycles. The predicted molar refractivity (Wildman–Crippen MR) is 122 cm³/mol. The Morgan fingerprint density at radius 1 is 1.13 bits per heavy atom. The summed E-state index contributed by atoms with van der Waals surface area (Å²) in [5, 5.41) is 0. The van der Waals surface area contributed by atoms with Crippen molar-refractivity contribution >= 4 is 6.09 Å². The van der Waals surface area contributed by atoms with Gasteiger partial charge in [-0.1, -0.05) is 38.3 Å². The molecule has 1 saturated heterocycles. The molecule has 1 aliphatic heterocycles. The van der Waals surface area contributed by atoms with Crippen molar-refractivity contribution in [1.29, 1.82) is 0 Å². The molecule has 30 heavy (non-hydrogen) atoms. The van der Waals surface area contributed by atoms with E-state index in [9.17, 15) is 4.79 Å². The predicted octanol–water partition coefficient (Wildman–Crippen LogP) is 4.00. The molecule has 1 aliphatic rings. The lowest BCUT2D eigenvalue weighted by atomic mass is 9.99. The van der Waals surface area contributed by atoms with Crippen LogP contribution in [0.25, 0.3) is 0 Å². The number of amides is 1. The largest absolute Gasteiger partial charge is 0.410 e. The molecule has 6 nitrogen and oxygen atoms in total. The van der Waals surface area contributed by atoms with E-state index in [-0.39, 0.29) is 0 Å². The maximum absolute atomic E-state index is 11.0. The Morgan fingerprint density at radius 3 is 2.50 bits per heavy atom. The van der Waals surface area contributed by atoms with Crippen molar-refractivity contribution in [2.75, 3.05) is 60.0 Å². The SMILES string of the molecule is CC(C[N+](C)(C)CCCCCCCCN1CCOCC1)c1cccc(OC(N)=O)c1. The monoisotopic (exact) mass is 420 g/mol. The molecule has 2 rings (SSSR count). The second kappa shape index (κ2) is 12.9. The van der Waals surface area contributed by atoms with Crippen molar-refractivity contribution in [3.8, 4) is 5.75 Å². The molecule has 6 heteroatoms. The van der Waals surface area contributed by atoms with E-state index in [1.807, 2.05) is 12.1 Å². The van der Waals surface area contributed by atoms with E-state index in [1.54, 1.807) is 6.07 Å². The summed E-state index contributed by atoms with van der Waals surface area (Å²) in [5.41, 5.74) is 6.30. The summed E-state index contributed by atoms with van der Waals surface area (Å²) >= 11 is 0. The van der Waals surface area contributed by atoms with Gasteiger partial charge in [0.1, 0.15) is 5.75 Å². The number of likely N-dealkylation sites (N-methyl/N-ethyl adjacent to an activating group) is 1. The van der Waals surface area contributed by atoms with Crippen molar-refractivity contribution in [2.24, 2.45) is 5.73 Å². The van der Waals surface area contributed by atoms with Crippen LogP contribution in [0.15, 0.2) is 24.3 Å². The Morgan fingerprint density at radius 2 is 1.80 bits per heavy atom. The third kappa shape index (κ3) is 9.92. The van der Waals surface area contributed by atoms with E-state index >= 15 is 0 Å². The second-order valence-corrected chi connectivity index (χ2v) is 9.31. The van der Waals surface area contributed by atoms with Gasteiger partial charge in [-0.05, 0) is 43.5 Å². The third-order valence-electron chi connectivity index (χ3n) is 6.01. The van der Waals surface area contributed by atoms with Crippen LogP contribution in [0.1, 0.15) is 56.9 Å². The van der Waals surface area contributed by atoms with E-state index in [2.05, 4.69) is 32.0 Å². The third-order valence-corrected chi connectivity index (χ3v) is 6.01. The Labute approximate surface area is 182 Å². The lowest BCUT2D eigenvalue weighted by molar-refractivity contribution is -0.891. The van der Waals surface area contributed by atoms with Crippen molar-refractivity contribution in [2.45, 2.75) is 51.4 Å². The van der Waals surface area contributed by atoms with Crippen LogP contribution in [-0.2, 0) is 4.74 Å². The minimum absolute atomic E-state index is 0.386. The number of nitrogens with two attached hydrogens (primary N) is 1. The van der Waals surface area contributed by atoms with E-state index in [0.29, 0.717) is 11.7 Å². The van der Waals surface area contributed by atoms with Crippen LogP contribution in [0.3, 0.4) is 0 Å². The van der Waals surface area contributed by atoms with E-state index in [0.717, 1.165) is 37.3 Å². The van der Waals surface area contributed by atoms with Crippen molar-refractivity contribution in [1.82, 2.24) is 4.90 Å². The summed E-state index contributed by atoms with van der Waals surface area (Å²) in [6.07, 6.45) is 7.17. The Bertz CT molecular complexity index is 630. The molecule has 0 bridgehead atoms. The number of carbonyl (C=O) groups is 1. The molecule has 0 saturated carbocycles. The van der Waals surface area contributed by atoms with Gasteiger partial charge in [0.05, 0.1) is 40.4 Å². The number of morpholine rings is 1. The first-order valence-corrected chi connectivity index (χ1v) is 11.5. The number of hydrogen-bond acceptors (Lipinski definition) is 4. The highest BCUT2D eigenvalue weighted by Crippen LogP contribution is 2.23. The molecule has 1 atom stereocenters. The number of rotatable bonds is 13. The second-order valence-electron chi connectivity index (χ2n) is 9.31. The average Bonchev–Trinajstić information content (AvgIpc) is 2.70. The number of benzene rings is 1. The maximum Gasteiger partial charge on any atom is 0.409 e. The zero-order valence-corrected chi connectivity index (χ0v) is 19.3. The van der Waals surface area contributed by atoms with Gasteiger partial charge in [0.15, 0.2) is 0 Å². The fourth-order valence-corrected chi connectivity index (χ4v) is 4.35. The van der Waals surface area contributed by atoms with Crippen molar-refractivity contribution < 1.29 is 18.8 Å². The topological polar surface area (TPSA) is 64.8 Å². The summed E-state index contributed by atoms with van der Waals surface area (Å²) in [6, 6.07) is 7.70. The van der Waals surface area contributed by atoms with Gasteiger partial charge in [0.2, 0.25) is 0 Å². The number of carbonyl (C=O) groups excluding carboxylic acids is 1. The molecule has 1 aromatic carbocycles. The number of nitrogens with zero attached hydrogens (tertiary/aromatic N) is 2. The Balaban J connectivity index is 1.58. The van der Waals surface area contributed by atoms with Crippen LogP contribution in [0.5, 0.6) is 5.75 Å². The Kier molecular flexibility index (Phi) is 10.6. The molecule has 170 valence electrons. The summed E-state index contributed by atoms with van der Waals surface area (Å²) in [7, 11) is 4.62. The normalized spacial score (nSPS) is 16.4. The fourth-order valence-electron chi connectivity index (χ4n) is 4.35. The van der Waals surface area contributed by atoms with Crippen LogP contribution < -0.4 is 10.5 Å². The molecule has 1 unspecified atom stereocenters. The van der Waals surface area contributed by atoms with Gasteiger partial charge in [-0.15, -0.1) is 0 Å².